The van der Waals surface area contributed by atoms with Gasteiger partial charge in [-0.05, 0) is 74.0 Å². The molecule has 35 heavy (non-hydrogen) atoms. The van der Waals surface area contributed by atoms with E-state index in [1.54, 1.807) is 55.6 Å². The van der Waals surface area contributed by atoms with Crippen LogP contribution in [0.2, 0.25) is 0 Å². The third-order valence-electron chi connectivity index (χ3n) is 5.00. The zero-order chi connectivity index (χ0) is 25.4. The van der Waals surface area contributed by atoms with Crippen LogP contribution < -0.4 is 20.1 Å². The number of nitrogens with one attached hydrogen (secondary N) is 2. The Morgan fingerprint density at radius 2 is 1.77 bits per heavy atom. The molecule has 3 aromatic rings. The first-order valence-electron chi connectivity index (χ1n) is 10.7. The molecule has 7 nitrogen and oxygen atoms in total. The molecule has 0 heterocycles. The molecule has 8 heteroatoms. The molecule has 0 aliphatic carbocycles. The Balaban J connectivity index is 1.73. The average molecular weight is 534 g/mol. The van der Waals surface area contributed by atoms with E-state index in [-0.39, 0.29) is 18.1 Å². The van der Waals surface area contributed by atoms with Gasteiger partial charge in [-0.2, -0.15) is 5.26 Å². The Morgan fingerprint density at radius 1 is 1.03 bits per heavy atom. The maximum atomic E-state index is 12.8. The maximum absolute atomic E-state index is 12.8. The van der Waals surface area contributed by atoms with E-state index < -0.39 is 5.91 Å². The molecule has 0 fully saturated rings. The number of nitriles is 1. The summed E-state index contributed by atoms with van der Waals surface area (Å²) in [5.41, 5.74) is 3.57. The fourth-order valence-corrected chi connectivity index (χ4v) is 3.60. The summed E-state index contributed by atoms with van der Waals surface area (Å²) < 4.78 is 11.5. The molecule has 178 valence electrons. The third kappa shape index (κ3) is 7.19. The van der Waals surface area contributed by atoms with Crippen molar-refractivity contribution >= 4 is 45.2 Å². The van der Waals surface area contributed by atoms with Gasteiger partial charge in [-0.25, -0.2) is 0 Å². The number of hydrogen-bond acceptors (Lipinski definition) is 5. The number of nitrogens with zero attached hydrogens (tertiary/aromatic N) is 1. The average Bonchev–Trinajstić information content (AvgIpc) is 2.84. The molecule has 3 rings (SSSR count). The zero-order valence-electron chi connectivity index (χ0n) is 19.5. The Kier molecular flexibility index (Phi) is 8.65. The molecular weight excluding hydrogens is 510 g/mol. The van der Waals surface area contributed by atoms with Crippen LogP contribution in [0.4, 0.5) is 11.4 Å². The highest BCUT2D eigenvalue weighted by Gasteiger charge is 2.14. The quantitative estimate of drug-likeness (QED) is 0.288. The van der Waals surface area contributed by atoms with Crippen LogP contribution in [0.1, 0.15) is 16.7 Å². The Hall–Kier alpha value is -4.09. The van der Waals surface area contributed by atoms with Gasteiger partial charge < -0.3 is 20.1 Å². The van der Waals surface area contributed by atoms with Crippen molar-refractivity contribution in [3.05, 3.63) is 87.4 Å². The van der Waals surface area contributed by atoms with Gasteiger partial charge in [0.25, 0.3) is 11.8 Å². The van der Waals surface area contributed by atoms with Gasteiger partial charge in [0, 0.05) is 21.4 Å². The van der Waals surface area contributed by atoms with Crippen LogP contribution in [0.15, 0.2) is 70.7 Å². The van der Waals surface area contributed by atoms with Crippen LogP contribution in [-0.2, 0) is 9.59 Å². The van der Waals surface area contributed by atoms with E-state index in [9.17, 15) is 14.9 Å². The van der Waals surface area contributed by atoms with Crippen LogP contribution in [0, 0.1) is 25.2 Å². The van der Waals surface area contributed by atoms with E-state index >= 15 is 0 Å². The molecule has 0 aromatic heterocycles. The van der Waals surface area contributed by atoms with E-state index in [0.29, 0.717) is 28.4 Å². The molecule has 0 saturated carbocycles. The van der Waals surface area contributed by atoms with Crippen molar-refractivity contribution < 1.29 is 19.1 Å². The Morgan fingerprint density at radius 3 is 2.43 bits per heavy atom. The lowest BCUT2D eigenvalue weighted by Gasteiger charge is -2.12. The third-order valence-corrected chi connectivity index (χ3v) is 5.49. The lowest BCUT2D eigenvalue weighted by Crippen LogP contribution is -2.20. The number of carbonyl (C=O) groups is 2. The maximum Gasteiger partial charge on any atom is 0.266 e. The van der Waals surface area contributed by atoms with Crippen LogP contribution in [0.3, 0.4) is 0 Å². The summed E-state index contributed by atoms with van der Waals surface area (Å²) in [7, 11) is 1.57. The van der Waals surface area contributed by atoms with E-state index in [0.717, 1.165) is 15.6 Å². The second kappa shape index (κ2) is 11.9. The highest BCUT2D eigenvalue weighted by Crippen LogP contribution is 2.26. The molecule has 0 radical (unpaired) electrons. The fourth-order valence-electron chi connectivity index (χ4n) is 3.23. The predicted octanol–water partition coefficient (Wildman–Crippen LogP) is 5.64. The number of carbonyl (C=O) groups excluding carboxylic acids is 2. The van der Waals surface area contributed by atoms with Crippen LogP contribution in [0.5, 0.6) is 11.5 Å². The molecular formula is C27H24BrN3O4. The number of anilines is 2. The fraction of sp³-hybridized carbons (Fsp3) is 0.148. The number of benzene rings is 3. The summed E-state index contributed by atoms with van der Waals surface area (Å²) in [6.07, 6.45) is 1.43. The van der Waals surface area contributed by atoms with Gasteiger partial charge in [0.05, 0.1) is 7.11 Å². The molecule has 0 unspecified atom stereocenters. The number of methoxy groups -OCH3 is 1. The number of aryl methyl sites for hydroxylation is 2. The summed E-state index contributed by atoms with van der Waals surface area (Å²) in [5, 5.41) is 15.1. The van der Waals surface area contributed by atoms with Crippen molar-refractivity contribution in [2.24, 2.45) is 0 Å². The summed E-state index contributed by atoms with van der Waals surface area (Å²) in [6.45, 7) is 3.59. The van der Waals surface area contributed by atoms with Crippen LogP contribution in [-0.4, -0.2) is 25.5 Å². The lowest BCUT2D eigenvalue weighted by atomic mass is 10.1. The largest absolute Gasteiger partial charge is 0.497 e. The Labute approximate surface area is 212 Å². The number of rotatable bonds is 8. The molecule has 0 aliphatic heterocycles. The van der Waals surface area contributed by atoms with Crippen molar-refractivity contribution in [1.82, 2.24) is 0 Å². The number of amides is 2. The summed E-state index contributed by atoms with van der Waals surface area (Å²) in [5.74, 6) is 0.134. The van der Waals surface area contributed by atoms with Gasteiger partial charge in [-0.1, -0.05) is 33.6 Å². The summed E-state index contributed by atoms with van der Waals surface area (Å²) in [6, 6.07) is 19.6. The molecule has 0 saturated heterocycles. The molecule has 0 spiro atoms. The van der Waals surface area contributed by atoms with E-state index in [4.69, 9.17) is 9.47 Å². The number of hydrogen-bond donors (Lipinski definition) is 2. The van der Waals surface area contributed by atoms with Crippen LogP contribution in [0.25, 0.3) is 6.08 Å². The van der Waals surface area contributed by atoms with Crippen molar-refractivity contribution in [2.75, 3.05) is 24.4 Å². The molecule has 0 atom stereocenters. The highest BCUT2D eigenvalue weighted by molar-refractivity contribution is 9.10. The molecule has 3 aromatic carbocycles. The second-order valence-corrected chi connectivity index (χ2v) is 8.61. The first-order valence-corrected chi connectivity index (χ1v) is 11.4. The van der Waals surface area contributed by atoms with Crippen molar-refractivity contribution in [3.8, 4) is 17.6 Å². The minimum Gasteiger partial charge on any atom is -0.497 e. The number of halogens is 1. The van der Waals surface area contributed by atoms with Crippen molar-refractivity contribution in [2.45, 2.75) is 13.8 Å². The van der Waals surface area contributed by atoms with Crippen LogP contribution >= 0.6 is 15.9 Å². The Bertz CT molecular complexity index is 1310. The summed E-state index contributed by atoms with van der Waals surface area (Å²) >= 11 is 3.39. The molecule has 0 aliphatic rings. The predicted molar refractivity (Wildman–Crippen MR) is 139 cm³/mol. The zero-order valence-corrected chi connectivity index (χ0v) is 21.1. The number of ether oxygens (including phenoxy) is 2. The normalized spacial score (nSPS) is 10.8. The lowest BCUT2D eigenvalue weighted by molar-refractivity contribution is -0.118. The molecule has 2 N–H and O–H groups in total. The monoisotopic (exact) mass is 533 g/mol. The van der Waals surface area contributed by atoms with E-state index in [1.807, 2.05) is 32.0 Å². The first kappa shape index (κ1) is 25.5. The van der Waals surface area contributed by atoms with Gasteiger partial charge in [0.1, 0.15) is 23.1 Å². The standard InChI is InChI=1S/C27H24BrN3O4/c1-17-4-10-24(18(2)12-17)31-27(33)20(15-29)13-19-14-21(28)5-11-25(19)35-16-26(32)30-22-6-8-23(34-3)9-7-22/h4-14H,16H2,1-3H3,(H,30,32)(H,31,33)/b20-13+. The van der Waals surface area contributed by atoms with E-state index in [1.165, 1.54) is 6.08 Å². The van der Waals surface area contributed by atoms with Gasteiger partial charge in [0.2, 0.25) is 0 Å². The minimum absolute atomic E-state index is 0.101. The smallest absolute Gasteiger partial charge is 0.266 e. The highest BCUT2D eigenvalue weighted by atomic mass is 79.9. The van der Waals surface area contributed by atoms with Gasteiger partial charge in [-0.15, -0.1) is 0 Å². The van der Waals surface area contributed by atoms with Gasteiger partial charge >= 0.3 is 0 Å². The molecule has 0 bridgehead atoms. The second-order valence-electron chi connectivity index (χ2n) is 7.69. The van der Waals surface area contributed by atoms with Crippen molar-refractivity contribution in [1.29, 1.82) is 5.26 Å². The minimum atomic E-state index is -0.539. The molecule has 2 amide bonds. The first-order chi connectivity index (χ1) is 16.8. The van der Waals surface area contributed by atoms with Crippen molar-refractivity contribution in [3.63, 3.8) is 0 Å². The SMILES string of the molecule is COc1ccc(NC(=O)COc2ccc(Br)cc2/C=C(\C#N)C(=O)Nc2ccc(C)cc2C)cc1. The van der Waals surface area contributed by atoms with E-state index in [2.05, 4.69) is 26.6 Å². The topological polar surface area (TPSA) is 100 Å². The summed E-state index contributed by atoms with van der Waals surface area (Å²) in [4.78, 5) is 25.1. The van der Waals surface area contributed by atoms with Gasteiger partial charge in [-0.3, -0.25) is 9.59 Å². The van der Waals surface area contributed by atoms with Gasteiger partial charge in [0.15, 0.2) is 6.61 Å².